The Bertz CT molecular complexity index is 852. The van der Waals surface area contributed by atoms with Gasteiger partial charge in [-0.25, -0.2) is 18.0 Å². The minimum atomic E-state index is -2.24. The first-order chi connectivity index (χ1) is 13.7. The first-order valence-corrected chi connectivity index (χ1v) is 8.48. The Labute approximate surface area is 176 Å². The van der Waals surface area contributed by atoms with Crippen LogP contribution in [-0.2, 0) is 0 Å². The maximum Gasteiger partial charge on any atom is 0.414 e. The lowest BCUT2D eigenvalue weighted by atomic mass is 10.0. The van der Waals surface area contributed by atoms with Crippen LogP contribution in [0.1, 0.15) is 18.0 Å². The van der Waals surface area contributed by atoms with Crippen molar-refractivity contribution in [3.05, 3.63) is 58.9 Å². The number of halogens is 6. The van der Waals surface area contributed by atoms with E-state index in [-0.39, 0.29) is 31.5 Å². The second-order valence-corrected chi connectivity index (χ2v) is 6.21. The molecule has 0 bridgehead atoms. The molecule has 0 saturated carbocycles. The van der Waals surface area contributed by atoms with Gasteiger partial charge in [0.15, 0.2) is 5.75 Å². The Morgan fingerprint density at radius 3 is 1.93 bits per heavy atom. The molecule has 0 aliphatic carbocycles. The third kappa shape index (κ3) is 5.73. The highest BCUT2D eigenvalue weighted by Crippen LogP contribution is 2.29. The standard InChI is InChI=1S/C19H19F5N2O3.ClH/c1-25-12(10-4-6-11(7-5-10)29-19(27)26(2)3)8-9-28-18-16(23)14(21)13(20)15(22)17(18)24;/h4-7,12,25H,8-9H2,1-3H3;1H. The van der Waals surface area contributed by atoms with Gasteiger partial charge in [-0.3, -0.25) is 0 Å². The largest absolute Gasteiger partial charge is 0.487 e. The molecular weight excluding hydrogens is 435 g/mol. The number of rotatable bonds is 7. The fourth-order valence-corrected chi connectivity index (χ4v) is 2.43. The van der Waals surface area contributed by atoms with Crippen LogP contribution in [0.25, 0.3) is 0 Å². The van der Waals surface area contributed by atoms with E-state index < -0.39 is 40.9 Å². The second kappa shape index (κ2) is 11.0. The topological polar surface area (TPSA) is 50.8 Å². The predicted octanol–water partition coefficient (Wildman–Crippen LogP) is 4.59. The molecular formula is C19H20ClF5N2O3. The third-order valence-electron chi connectivity index (χ3n) is 4.02. The van der Waals surface area contributed by atoms with Crippen LogP contribution in [0.4, 0.5) is 26.7 Å². The summed E-state index contributed by atoms with van der Waals surface area (Å²) in [6.45, 7) is -0.318. The first kappa shape index (κ1) is 25.4. The van der Waals surface area contributed by atoms with Crippen molar-refractivity contribution < 1.29 is 36.2 Å². The van der Waals surface area contributed by atoms with E-state index in [1.54, 1.807) is 31.3 Å². The molecule has 2 aromatic rings. The Balaban J connectivity index is 0.00000450. The molecule has 1 unspecified atom stereocenters. The summed E-state index contributed by atoms with van der Waals surface area (Å²) in [7, 11) is 4.71. The lowest BCUT2D eigenvalue weighted by Gasteiger charge is -2.18. The van der Waals surface area contributed by atoms with E-state index in [1.807, 2.05) is 0 Å². The van der Waals surface area contributed by atoms with Gasteiger partial charge in [0.2, 0.25) is 29.1 Å². The zero-order valence-corrected chi connectivity index (χ0v) is 17.1. The number of nitrogens with one attached hydrogen (secondary N) is 1. The fraction of sp³-hybridized carbons (Fsp3) is 0.316. The van der Waals surface area contributed by atoms with Gasteiger partial charge in [-0.2, -0.15) is 8.78 Å². The minimum Gasteiger partial charge on any atom is -0.487 e. The average Bonchev–Trinajstić information content (AvgIpc) is 2.71. The van der Waals surface area contributed by atoms with E-state index in [0.29, 0.717) is 5.75 Å². The van der Waals surface area contributed by atoms with E-state index in [9.17, 15) is 26.7 Å². The molecule has 0 spiro atoms. The van der Waals surface area contributed by atoms with Crippen LogP contribution in [0.2, 0.25) is 0 Å². The molecule has 30 heavy (non-hydrogen) atoms. The molecule has 1 amide bonds. The normalized spacial score (nSPS) is 11.5. The number of hydrogen-bond donors (Lipinski definition) is 1. The second-order valence-electron chi connectivity index (χ2n) is 6.21. The molecule has 2 aromatic carbocycles. The molecule has 1 atom stereocenters. The van der Waals surface area contributed by atoms with Crippen molar-refractivity contribution >= 4 is 18.5 Å². The fourth-order valence-electron chi connectivity index (χ4n) is 2.43. The monoisotopic (exact) mass is 454 g/mol. The van der Waals surface area contributed by atoms with Crippen molar-refractivity contribution in [3.63, 3.8) is 0 Å². The molecule has 0 fully saturated rings. The number of ether oxygens (including phenoxy) is 2. The number of nitrogens with zero attached hydrogens (tertiary/aromatic N) is 1. The zero-order valence-electron chi connectivity index (χ0n) is 16.3. The number of carbonyl (C=O) groups is 1. The molecule has 0 aromatic heterocycles. The third-order valence-corrected chi connectivity index (χ3v) is 4.02. The SMILES string of the molecule is CNC(CCOc1c(F)c(F)c(F)c(F)c1F)c1ccc(OC(=O)N(C)C)cc1.Cl. The van der Waals surface area contributed by atoms with Gasteiger partial charge in [-0.05, 0) is 24.7 Å². The maximum absolute atomic E-state index is 13.6. The van der Waals surface area contributed by atoms with Crippen molar-refractivity contribution in [2.24, 2.45) is 0 Å². The van der Waals surface area contributed by atoms with Gasteiger partial charge in [0.05, 0.1) is 6.61 Å². The summed E-state index contributed by atoms with van der Waals surface area (Å²) in [5, 5.41) is 2.95. The van der Waals surface area contributed by atoms with E-state index in [4.69, 9.17) is 9.47 Å². The van der Waals surface area contributed by atoms with Crippen molar-refractivity contribution in [1.82, 2.24) is 10.2 Å². The smallest absolute Gasteiger partial charge is 0.414 e. The van der Waals surface area contributed by atoms with Crippen molar-refractivity contribution in [2.45, 2.75) is 12.5 Å². The van der Waals surface area contributed by atoms with Crippen molar-refractivity contribution in [2.75, 3.05) is 27.7 Å². The van der Waals surface area contributed by atoms with E-state index in [2.05, 4.69) is 5.32 Å². The van der Waals surface area contributed by atoms with Crippen LogP contribution in [0.5, 0.6) is 11.5 Å². The summed E-state index contributed by atoms with van der Waals surface area (Å²) in [4.78, 5) is 12.8. The highest BCUT2D eigenvalue weighted by atomic mass is 35.5. The Hall–Kier alpha value is -2.59. The van der Waals surface area contributed by atoms with Gasteiger partial charge in [-0.15, -0.1) is 12.4 Å². The van der Waals surface area contributed by atoms with Gasteiger partial charge >= 0.3 is 6.09 Å². The van der Waals surface area contributed by atoms with E-state index in [0.717, 1.165) is 5.56 Å². The number of benzene rings is 2. The highest BCUT2D eigenvalue weighted by Gasteiger charge is 2.27. The van der Waals surface area contributed by atoms with Gasteiger partial charge in [0, 0.05) is 26.6 Å². The molecule has 0 aliphatic heterocycles. The summed E-state index contributed by atoms with van der Waals surface area (Å²) >= 11 is 0. The Morgan fingerprint density at radius 1 is 0.967 bits per heavy atom. The van der Waals surface area contributed by atoms with Crippen LogP contribution in [0, 0.1) is 29.1 Å². The molecule has 0 aliphatic rings. The Kier molecular flexibility index (Phi) is 9.31. The lowest BCUT2D eigenvalue weighted by molar-refractivity contribution is 0.172. The lowest BCUT2D eigenvalue weighted by Crippen LogP contribution is -2.25. The first-order valence-electron chi connectivity index (χ1n) is 8.48. The zero-order chi connectivity index (χ0) is 21.7. The van der Waals surface area contributed by atoms with Crippen LogP contribution < -0.4 is 14.8 Å². The van der Waals surface area contributed by atoms with E-state index in [1.165, 1.54) is 19.0 Å². The number of amides is 1. The van der Waals surface area contributed by atoms with Crippen LogP contribution in [0.15, 0.2) is 24.3 Å². The van der Waals surface area contributed by atoms with Crippen LogP contribution >= 0.6 is 12.4 Å². The summed E-state index contributed by atoms with van der Waals surface area (Å²) < 4.78 is 76.7. The van der Waals surface area contributed by atoms with Gasteiger partial charge in [0.1, 0.15) is 5.75 Å². The summed E-state index contributed by atoms with van der Waals surface area (Å²) in [6, 6.07) is 6.10. The minimum absolute atomic E-state index is 0. The molecule has 5 nitrogen and oxygen atoms in total. The average molecular weight is 455 g/mol. The summed E-state index contributed by atoms with van der Waals surface area (Å²) in [5.74, 6) is -11.4. The molecule has 0 heterocycles. The van der Waals surface area contributed by atoms with Crippen molar-refractivity contribution in [1.29, 1.82) is 0 Å². The molecule has 2 rings (SSSR count). The highest BCUT2D eigenvalue weighted by molar-refractivity contribution is 5.85. The molecule has 0 saturated heterocycles. The van der Waals surface area contributed by atoms with Crippen molar-refractivity contribution in [3.8, 4) is 11.5 Å². The molecule has 11 heteroatoms. The molecule has 0 radical (unpaired) electrons. The van der Waals surface area contributed by atoms with Gasteiger partial charge < -0.3 is 19.7 Å². The number of carbonyl (C=O) groups excluding carboxylic acids is 1. The van der Waals surface area contributed by atoms with Gasteiger partial charge in [0.25, 0.3) is 0 Å². The molecule has 1 N–H and O–H groups in total. The molecule has 166 valence electrons. The quantitative estimate of drug-likeness (QED) is 0.377. The summed E-state index contributed by atoms with van der Waals surface area (Å²) in [5.41, 5.74) is 0.734. The number of hydrogen-bond acceptors (Lipinski definition) is 4. The van der Waals surface area contributed by atoms with Crippen LogP contribution in [0.3, 0.4) is 0 Å². The summed E-state index contributed by atoms with van der Waals surface area (Å²) in [6.07, 6.45) is -0.383. The Morgan fingerprint density at radius 2 is 1.47 bits per heavy atom. The van der Waals surface area contributed by atoms with Crippen LogP contribution in [-0.4, -0.2) is 38.7 Å². The maximum atomic E-state index is 13.6. The van der Waals surface area contributed by atoms with Gasteiger partial charge in [-0.1, -0.05) is 12.1 Å². The predicted molar refractivity (Wildman–Crippen MR) is 102 cm³/mol. The van der Waals surface area contributed by atoms with E-state index >= 15 is 0 Å².